The fourth-order valence-electron chi connectivity index (χ4n) is 7.82. The molecular formula is C40H26BNO3S. The molecule has 0 aliphatic carbocycles. The van der Waals surface area contributed by atoms with E-state index in [4.69, 9.17) is 9.47 Å². The van der Waals surface area contributed by atoms with Gasteiger partial charge in [0.05, 0.1) is 21.8 Å². The summed E-state index contributed by atoms with van der Waals surface area (Å²) in [4.78, 5) is 16.3. The lowest BCUT2D eigenvalue weighted by Gasteiger charge is -2.43. The van der Waals surface area contributed by atoms with Gasteiger partial charge in [0.25, 0.3) is 6.71 Å². The Kier molecular flexibility index (Phi) is 5.14. The van der Waals surface area contributed by atoms with Crippen LogP contribution in [0, 0.1) is 0 Å². The summed E-state index contributed by atoms with van der Waals surface area (Å²) in [6, 6.07) is 41.6. The number of para-hydroxylation sites is 3. The molecule has 0 saturated heterocycles. The molecule has 7 aromatic rings. The van der Waals surface area contributed by atoms with E-state index in [-0.39, 0.29) is 17.6 Å². The molecule has 46 heavy (non-hydrogen) atoms. The largest absolute Gasteiger partial charge is 0.458 e. The minimum absolute atomic E-state index is 0.00579. The lowest BCUT2D eigenvalue weighted by atomic mass is 9.35. The summed E-state index contributed by atoms with van der Waals surface area (Å²) in [5, 5.41) is 1.49. The summed E-state index contributed by atoms with van der Waals surface area (Å²) in [7, 11) is 0. The van der Waals surface area contributed by atoms with Gasteiger partial charge in [0.1, 0.15) is 23.0 Å². The lowest BCUT2D eigenvalue weighted by molar-refractivity contribution is 0.465. The van der Waals surface area contributed by atoms with E-state index >= 15 is 0 Å². The van der Waals surface area contributed by atoms with Crippen LogP contribution in [-0.4, -0.2) is 6.71 Å². The van der Waals surface area contributed by atoms with Crippen molar-refractivity contribution in [1.82, 2.24) is 0 Å². The molecule has 0 unspecified atom stereocenters. The van der Waals surface area contributed by atoms with Crippen molar-refractivity contribution in [3.05, 3.63) is 143 Å². The summed E-state index contributed by atoms with van der Waals surface area (Å²) in [6.07, 6.45) is 0. The van der Waals surface area contributed by atoms with Crippen LogP contribution in [0.25, 0.3) is 20.2 Å². The van der Waals surface area contributed by atoms with Gasteiger partial charge in [-0.1, -0.05) is 86.6 Å². The molecule has 0 N–H and O–H groups in total. The molecule has 0 spiro atoms. The van der Waals surface area contributed by atoms with Gasteiger partial charge in [0.2, 0.25) is 0 Å². The van der Waals surface area contributed by atoms with E-state index in [1.54, 1.807) is 11.3 Å². The smallest absolute Gasteiger partial charge is 0.260 e. The molecule has 0 radical (unpaired) electrons. The number of rotatable bonds is 1. The molecule has 4 nitrogen and oxygen atoms in total. The topological polar surface area (TPSA) is 38.8 Å². The molecule has 0 bridgehead atoms. The number of nitrogens with zero attached hydrogens (tertiary/aromatic N) is 1. The van der Waals surface area contributed by atoms with Crippen molar-refractivity contribution in [2.45, 2.75) is 19.3 Å². The fraction of sp³-hybridized carbons (Fsp3) is 0.0750. The van der Waals surface area contributed by atoms with Crippen LogP contribution in [0.2, 0.25) is 0 Å². The van der Waals surface area contributed by atoms with Crippen molar-refractivity contribution >= 4 is 71.7 Å². The number of anilines is 3. The first-order valence-electron chi connectivity index (χ1n) is 15.6. The average molecular weight is 612 g/mol. The molecule has 6 heteroatoms. The molecule has 0 fully saturated rings. The summed E-state index contributed by atoms with van der Waals surface area (Å²) in [6.45, 7) is 4.56. The predicted molar refractivity (Wildman–Crippen MR) is 190 cm³/mol. The highest BCUT2D eigenvalue weighted by Gasteiger charge is 2.42. The summed E-state index contributed by atoms with van der Waals surface area (Å²) in [5.41, 5.74) is 8.51. The third kappa shape index (κ3) is 3.37. The second-order valence-electron chi connectivity index (χ2n) is 12.8. The zero-order valence-corrected chi connectivity index (χ0v) is 26.0. The standard InChI is InChI=1S/C40H26BNO3S/c1-40(2)26-12-4-7-15-30(26)42(37-27(40)20-19-25-38(43)24-11-3-10-18-35(24)46-39(25)37)23-21-33-36-34(22-23)45-32-17-9-6-14-29(32)41(36)28-13-5-8-16-31(28)44-33/h3-22H,1-2H3. The number of ether oxygens (including phenoxy) is 2. The molecule has 3 aliphatic heterocycles. The Hall–Kier alpha value is -5.33. The van der Waals surface area contributed by atoms with Crippen LogP contribution in [0.15, 0.2) is 126 Å². The Morgan fingerprint density at radius 2 is 1.28 bits per heavy atom. The van der Waals surface area contributed by atoms with Gasteiger partial charge in [-0.2, -0.15) is 0 Å². The molecule has 4 heterocycles. The van der Waals surface area contributed by atoms with E-state index in [0.29, 0.717) is 0 Å². The molecule has 3 aliphatic rings. The SMILES string of the molecule is CC1(C)c2ccccc2N(c2cc3c4c(c2)Oc2ccccc2B4c2ccccc2O3)c2c1ccc1c(=O)c3ccccc3sc21. The minimum atomic E-state index is -0.295. The summed E-state index contributed by atoms with van der Waals surface area (Å²) in [5.74, 6) is 3.29. The second-order valence-corrected chi connectivity index (χ2v) is 13.9. The van der Waals surface area contributed by atoms with Gasteiger partial charge in [-0.3, -0.25) is 4.79 Å². The molecule has 0 atom stereocenters. The van der Waals surface area contributed by atoms with Crippen molar-refractivity contribution < 1.29 is 9.47 Å². The zero-order chi connectivity index (χ0) is 30.7. The Bertz CT molecular complexity index is 2450. The van der Waals surface area contributed by atoms with Crippen molar-refractivity contribution in [3.8, 4) is 23.0 Å². The van der Waals surface area contributed by atoms with Crippen molar-refractivity contribution in [2.24, 2.45) is 0 Å². The van der Waals surface area contributed by atoms with Crippen LogP contribution < -0.4 is 36.2 Å². The molecule has 218 valence electrons. The highest BCUT2D eigenvalue weighted by atomic mass is 32.1. The van der Waals surface area contributed by atoms with Gasteiger partial charge in [0.15, 0.2) is 5.43 Å². The molecule has 1 aromatic heterocycles. The maximum Gasteiger partial charge on any atom is 0.260 e. The first-order valence-corrected chi connectivity index (χ1v) is 16.4. The third-order valence-electron chi connectivity index (χ3n) is 9.97. The Labute approximate surface area is 270 Å². The second kappa shape index (κ2) is 9.12. The van der Waals surface area contributed by atoms with E-state index in [1.807, 2.05) is 54.6 Å². The molecular weight excluding hydrogens is 585 g/mol. The van der Waals surface area contributed by atoms with Crippen molar-refractivity contribution in [3.63, 3.8) is 0 Å². The van der Waals surface area contributed by atoms with Crippen LogP contribution in [-0.2, 0) is 5.41 Å². The van der Waals surface area contributed by atoms with Crippen LogP contribution in [0.1, 0.15) is 25.0 Å². The zero-order valence-electron chi connectivity index (χ0n) is 25.2. The van der Waals surface area contributed by atoms with E-state index in [1.165, 1.54) is 11.1 Å². The van der Waals surface area contributed by atoms with E-state index in [0.717, 1.165) is 76.6 Å². The molecule has 10 rings (SSSR count). The normalized spacial score (nSPS) is 14.8. The monoisotopic (exact) mass is 611 g/mol. The van der Waals surface area contributed by atoms with Gasteiger partial charge in [-0.25, -0.2) is 0 Å². The summed E-state index contributed by atoms with van der Waals surface area (Å²) < 4.78 is 15.4. The van der Waals surface area contributed by atoms with Crippen molar-refractivity contribution in [1.29, 1.82) is 0 Å². The number of hydrogen-bond acceptors (Lipinski definition) is 5. The van der Waals surface area contributed by atoms with Crippen LogP contribution in [0.5, 0.6) is 23.0 Å². The van der Waals surface area contributed by atoms with E-state index < -0.39 is 0 Å². The van der Waals surface area contributed by atoms with Crippen LogP contribution in [0.3, 0.4) is 0 Å². The highest BCUT2D eigenvalue weighted by Crippen LogP contribution is 2.55. The summed E-state index contributed by atoms with van der Waals surface area (Å²) >= 11 is 1.68. The van der Waals surface area contributed by atoms with Crippen molar-refractivity contribution in [2.75, 3.05) is 4.90 Å². The highest BCUT2D eigenvalue weighted by molar-refractivity contribution is 7.25. The third-order valence-corrected chi connectivity index (χ3v) is 11.2. The molecule has 0 amide bonds. The maximum absolute atomic E-state index is 13.9. The molecule has 0 saturated carbocycles. The first kappa shape index (κ1) is 25.9. The molecule has 6 aromatic carbocycles. The number of fused-ring (bicyclic) bond motifs is 9. The van der Waals surface area contributed by atoms with Gasteiger partial charge >= 0.3 is 0 Å². The fourth-order valence-corrected chi connectivity index (χ4v) is 9.02. The lowest BCUT2D eigenvalue weighted by Crippen LogP contribution is -2.57. The van der Waals surface area contributed by atoms with Crippen LogP contribution in [0.4, 0.5) is 17.1 Å². The Balaban J connectivity index is 1.30. The van der Waals surface area contributed by atoms with Crippen LogP contribution >= 0.6 is 11.3 Å². The predicted octanol–water partition coefficient (Wildman–Crippen LogP) is 8.25. The van der Waals surface area contributed by atoms with Gasteiger partial charge < -0.3 is 14.4 Å². The number of benzene rings is 6. The Morgan fingerprint density at radius 3 is 2.02 bits per heavy atom. The first-order chi connectivity index (χ1) is 22.5. The number of hydrogen-bond donors (Lipinski definition) is 0. The van der Waals surface area contributed by atoms with Gasteiger partial charge in [-0.05, 0) is 58.5 Å². The van der Waals surface area contributed by atoms with E-state index in [2.05, 4.69) is 85.5 Å². The quantitative estimate of drug-likeness (QED) is 0.138. The average Bonchev–Trinajstić information content (AvgIpc) is 3.08. The van der Waals surface area contributed by atoms with Gasteiger partial charge in [-0.15, -0.1) is 11.3 Å². The maximum atomic E-state index is 13.9. The van der Waals surface area contributed by atoms with Gasteiger partial charge in [0, 0.05) is 38.5 Å². The minimum Gasteiger partial charge on any atom is -0.458 e. The van der Waals surface area contributed by atoms with E-state index in [9.17, 15) is 4.79 Å². The Morgan fingerprint density at radius 1 is 0.652 bits per heavy atom.